The second-order valence-corrected chi connectivity index (χ2v) is 4.18. The van der Waals surface area contributed by atoms with Crippen LogP contribution in [-0.4, -0.2) is 6.54 Å². The molecule has 1 heterocycles. The molecule has 16 heavy (non-hydrogen) atoms. The fraction of sp³-hybridized carbons (Fsp3) is 0.429. The maximum atomic E-state index is 5.61. The first kappa shape index (κ1) is 11.1. The number of unbranched alkanes of at least 4 members (excludes halogenated alkanes) is 3. The van der Waals surface area contributed by atoms with Gasteiger partial charge in [-0.3, -0.25) is 0 Å². The number of rotatable bonds is 5. The summed E-state index contributed by atoms with van der Waals surface area (Å²) in [5.74, 6) is 1.70. The number of hydrogen-bond donors (Lipinski definition) is 0. The van der Waals surface area contributed by atoms with Gasteiger partial charge in [0.15, 0.2) is 11.6 Å². The molecule has 1 aliphatic heterocycles. The first-order valence-electron chi connectivity index (χ1n) is 6.06. The van der Waals surface area contributed by atoms with Crippen LogP contribution in [0.2, 0.25) is 0 Å². The molecule has 0 bridgehead atoms. The molecule has 1 aromatic rings. The molecular weight excluding hydrogens is 198 g/mol. The molecule has 0 atom stereocenters. The number of hydrogen-bond acceptors (Lipinski definition) is 2. The van der Waals surface area contributed by atoms with Crippen LogP contribution in [-0.2, 0) is 0 Å². The molecule has 0 spiro atoms. The van der Waals surface area contributed by atoms with E-state index in [1.807, 2.05) is 18.2 Å². The zero-order valence-corrected chi connectivity index (χ0v) is 9.91. The van der Waals surface area contributed by atoms with Crippen molar-refractivity contribution in [1.29, 1.82) is 0 Å². The Hall–Kier alpha value is -1.44. The minimum absolute atomic E-state index is 0.762. The molecule has 0 saturated carbocycles. The molecule has 0 fully saturated rings. The SMILES string of the molecule is C=C1Oc2ccccc2N1CCCCCC. The normalized spacial score (nSPS) is 13.8. The molecule has 0 saturated heterocycles. The van der Waals surface area contributed by atoms with Gasteiger partial charge in [-0.1, -0.05) is 38.3 Å². The summed E-state index contributed by atoms with van der Waals surface area (Å²) in [6.07, 6.45) is 5.06. The third-order valence-corrected chi connectivity index (χ3v) is 2.92. The molecule has 0 radical (unpaired) electrons. The Kier molecular flexibility index (Phi) is 3.50. The van der Waals surface area contributed by atoms with Gasteiger partial charge in [0.1, 0.15) is 0 Å². The van der Waals surface area contributed by atoms with Gasteiger partial charge in [0.25, 0.3) is 0 Å². The maximum absolute atomic E-state index is 5.61. The largest absolute Gasteiger partial charge is 0.439 e. The summed E-state index contributed by atoms with van der Waals surface area (Å²) in [4.78, 5) is 2.17. The highest BCUT2D eigenvalue weighted by atomic mass is 16.5. The average molecular weight is 217 g/mol. The Balaban J connectivity index is 1.97. The highest BCUT2D eigenvalue weighted by molar-refractivity contribution is 5.65. The van der Waals surface area contributed by atoms with Crippen molar-refractivity contribution in [2.45, 2.75) is 32.6 Å². The zero-order valence-electron chi connectivity index (χ0n) is 9.91. The smallest absolute Gasteiger partial charge is 0.193 e. The highest BCUT2D eigenvalue weighted by Crippen LogP contribution is 2.37. The van der Waals surface area contributed by atoms with E-state index in [9.17, 15) is 0 Å². The number of fused-ring (bicyclic) bond motifs is 1. The van der Waals surface area contributed by atoms with Crippen LogP contribution in [0.4, 0.5) is 5.69 Å². The minimum Gasteiger partial charge on any atom is -0.439 e. The van der Waals surface area contributed by atoms with Crippen molar-refractivity contribution in [3.63, 3.8) is 0 Å². The number of benzene rings is 1. The molecule has 2 rings (SSSR count). The molecule has 1 aromatic carbocycles. The second-order valence-electron chi connectivity index (χ2n) is 4.18. The van der Waals surface area contributed by atoms with Crippen molar-refractivity contribution in [2.24, 2.45) is 0 Å². The Morgan fingerprint density at radius 3 is 2.81 bits per heavy atom. The van der Waals surface area contributed by atoms with E-state index >= 15 is 0 Å². The number of ether oxygens (including phenoxy) is 1. The van der Waals surface area contributed by atoms with Crippen molar-refractivity contribution >= 4 is 5.69 Å². The molecule has 0 unspecified atom stereocenters. The molecule has 0 amide bonds. The molecule has 2 heteroatoms. The lowest BCUT2D eigenvalue weighted by Crippen LogP contribution is -2.20. The predicted molar refractivity (Wildman–Crippen MR) is 67.7 cm³/mol. The Morgan fingerprint density at radius 1 is 1.19 bits per heavy atom. The van der Waals surface area contributed by atoms with E-state index in [2.05, 4.69) is 24.5 Å². The fourth-order valence-corrected chi connectivity index (χ4v) is 2.02. The summed E-state index contributed by atoms with van der Waals surface area (Å²) in [5, 5.41) is 0. The van der Waals surface area contributed by atoms with Crippen LogP contribution in [0.25, 0.3) is 0 Å². The molecule has 1 aliphatic rings. The molecular formula is C14H19NO. The van der Waals surface area contributed by atoms with Crippen LogP contribution >= 0.6 is 0 Å². The summed E-state index contributed by atoms with van der Waals surface area (Å²) >= 11 is 0. The van der Waals surface area contributed by atoms with E-state index in [4.69, 9.17) is 4.74 Å². The number of anilines is 1. The van der Waals surface area contributed by atoms with Gasteiger partial charge >= 0.3 is 0 Å². The van der Waals surface area contributed by atoms with E-state index in [-0.39, 0.29) is 0 Å². The van der Waals surface area contributed by atoms with E-state index < -0.39 is 0 Å². The van der Waals surface area contributed by atoms with Gasteiger partial charge < -0.3 is 9.64 Å². The van der Waals surface area contributed by atoms with Crippen LogP contribution < -0.4 is 9.64 Å². The summed E-state index contributed by atoms with van der Waals surface area (Å²) in [6, 6.07) is 8.12. The topological polar surface area (TPSA) is 12.5 Å². The Bertz CT molecular complexity index is 373. The lowest BCUT2D eigenvalue weighted by atomic mass is 10.2. The lowest BCUT2D eigenvalue weighted by molar-refractivity contribution is 0.439. The molecule has 0 aromatic heterocycles. The summed E-state index contributed by atoms with van der Waals surface area (Å²) < 4.78 is 5.61. The van der Waals surface area contributed by atoms with Gasteiger partial charge in [-0.15, -0.1) is 0 Å². The molecule has 2 nitrogen and oxygen atoms in total. The van der Waals surface area contributed by atoms with Crippen LogP contribution in [0.1, 0.15) is 32.6 Å². The van der Waals surface area contributed by atoms with Gasteiger partial charge in [-0.2, -0.15) is 0 Å². The van der Waals surface area contributed by atoms with Gasteiger partial charge in [0.05, 0.1) is 5.69 Å². The van der Waals surface area contributed by atoms with Crippen LogP contribution in [0, 0.1) is 0 Å². The van der Waals surface area contributed by atoms with Crippen LogP contribution in [0.3, 0.4) is 0 Å². The Labute approximate surface area is 97.5 Å². The van der Waals surface area contributed by atoms with Gasteiger partial charge in [0.2, 0.25) is 0 Å². The van der Waals surface area contributed by atoms with Gasteiger partial charge in [0, 0.05) is 6.54 Å². The van der Waals surface area contributed by atoms with Crippen molar-refractivity contribution < 1.29 is 4.74 Å². The van der Waals surface area contributed by atoms with Gasteiger partial charge in [-0.05, 0) is 25.1 Å². The minimum atomic E-state index is 0.762. The zero-order chi connectivity index (χ0) is 11.4. The van der Waals surface area contributed by atoms with Crippen LogP contribution in [0.15, 0.2) is 36.7 Å². The fourth-order valence-electron chi connectivity index (χ4n) is 2.02. The van der Waals surface area contributed by atoms with Crippen molar-refractivity contribution in [1.82, 2.24) is 0 Å². The monoisotopic (exact) mass is 217 g/mol. The highest BCUT2D eigenvalue weighted by Gasteiger charge is 2.23. The van der Waals surface area contributed by atoms with E-state index in [0.717, 1.165) is 23.9 Å². The Morgan fingerprint density at radius 2 is 2.00 bits per heavy atom. The van der Waals surface area contributed by atoms with Crippen molar-refractivity contribution in [3.05, 3.63) is 36.7 Å². The standard InChI is InChI=1S/C14H19NO/c1-3-4-5-8-11-15-12(2)16-14-10-7-6-9-13(14)15/h6-7,9-10H,2-5,8,11H2,1H3. The molecule has 0 N–H and O–H groups in total. The second kappa shape index (κ2) is 5.06. The van der Waals surface area contributed by atoms with E-state index in [1.165, 1.54) is 25.7 Å². The maximum Gasteiger partial charge on any atom is 0.193 e. The first-order valence-corrected chi connectivity index (χ1v) is 6.06. The number of nitrogens with zero attached hydrogens (tertiary/aromatic N) is 1. The summed E-state index contributed by atoms with van der Waals surface area (Å²) in [6.45, 7) is 7.19. The summed E-state index contributed by atoms with van der Waals surface area (Å²) in [5.41, 5.74) is 1.16. The lowest BCUT2D eigenvalue weighted by Gasteiger charge is -2.17. The molecule has 0 aliphatic carbocycles. The third kappa shape index (κ3) is 2.21. The quantitative estimate of drug-likeness (QED) is 0.693. The average Bonchev–Trinajstić information content (AvgIpc) is 2.61. The third-order valence-electron chi connectivity index (χ3n) is 2.92. The van der Waals surface area contributed by atoms with Crippen LogP contribution in [0.5, 0.6) is 5.75 Å². The van der Waals surface area contributed by atoms with Crippen molar-refractivity contribution in [2.75, 3.05) is 11.4 Å². The van der Waals surface area contributed by atoms with Gasteiger partial charge in [-0.25, -0.2) is 0 Å². The first-order chi connectivity index (χ1) is 7.83. The summed E-state index contributed by atoms with van der Waals surface area (Å²) in [7, 11) is 0. The van der Waals surface area contributed by atoms with Crippen molar-refractivity contribution in [3.8, 4) is 5.75 Å². The predicted octanol–water partition coefficient (Wildman–Crippen LogP) is 3.94. The van der Waals surface area contributed by atoms with E-state index in [0.29, 0.717) is 0 Å². The molecule has 86 valence electrons. The van der Waals surface area contributed by atoms with E-state index in [1.54, 1.807) is 0 Å². The number of para-hydroxylation sites is 2.